The van der Waals surface area contributed by atoms with Crippen LogP contribution >= 0.6 is 0 Å². The third kappa shape index (κ3) is 2.52. The number of rotatable bonds is 4. The Morgan fingerprint density at radius 3 is 2.44 bits per heavy atom. The average Bonchev–Trinajstić information content (AvgIpc) is 2.61. The fraction of sp³-hybridized carbons (Fsp3) is 0.778. The molecule has 0 aliphatic carbocycles. The van der Waals surface area contributed by atoms with E-state index in [1.807, 2.05) is 0 Å². The van der Waals surface area contributed by atoms with Crippen LogP contribution in [0.3, 0.4) is 0 Å². The lowest BCUT2D eigenvalue weighted by Crippen LogP contribution is -2.36. The minimum absolute atomic E-state index is 0.279. The maximum absolute atomic E-state index is 12.6. The van der Waals surface area contributed by atoms with E-state index in [0.717, 1.165) is 13.8 Å². The van der Waals surface area contributed by atoms with Crippen LogP contribution in [-0.4, -0.2) is 29.9 Å². The third-order valence-corrected chi connectivity index (χ3v) is 2.31. The number of nitrogens with one attached hydrogen (secondary N) is 1. The average molecular weight is 237 g/mol. The quantitative estimate of drug-likeness (QED) is 0.865. The van der Waals surface area contributed by atoms with Gasteiger partial charge in [-0.3, -0.25) is 0 Å². The molecule has 0 aliphatic heterocycles. The smallest absolute Gasteiger partial charge is 0.338 e. The van der Waals surface area contributed by atoms with Crippen LogP contribution in [0.5, 0.6) is 0 Å². The van der Waals surface area contributed by atoms with E-state index in [2.05, 4.69) is 20.0 Å². The molecule has 0 aliphatic rings. The van der Waals surface area contributed by atoms with Gasteiger partial charge in [-0.15, -0.1) is 0 Å². The first-order valence-electron chi connectivity index (χ1n) is 4.83. The first kappa shape index (κ1) is 13.0. The molecule has 0 amide bonds. The van der Waals surface area contributed by atoms with Crippen molar-refractivity contribution in [2.24, 2.45) is 0 Å². The molecule has 0 unspecified atom stereocenters. The molecule has 16 heavy (non-hydrogen) atoms. The van der Waals surface area contributed by atoms with Gasteiger partial charge < -0.3 is 9.84 Å². The predicted molar refractivity (Wildman–Crippen MR) is 51.0 cm³/mol. The standard InChI is InChI=1S/C9H14F3N3O/c1-8(2,9(10,11)12)7-14-6(15-16-7)4-5-13-3/h13H,4-5H2,1-3H3. The zero-order chi connectivity index (χ0) is 12.4. The normalized spacial score (nSPS) is 13.1. The monoisotopic (exact) mass is 237 g/mol. The van der Waals surface area contributed by atoms with E-state index in [9.17, 15) is 13.2 Å². The minimum atomic E-state index is -4.40. The number of aromatic nitrogens is 2. The predicted octanol–water partition coefficient (Wildman–Crippen LogP) is 1.67. The van der Waals surface area contributed by atoms with E-state index in [-0.39, 0.29) is 5.82 Å². The van der Waals surface area contributed by atoms with Crippen molar-refractivity contribution >= 4 is 0 Å². The van der Waals surface area contributed by atoms with Gasteiger partial charge in [-0.05, 0) is 20.9 Å². The maximum Gasteiger partial charge on any atom is 0.402 e. The molecule has 0 saturated heterocycles. The van der Waals surface area contributed by atoms with Gasteiger partial charge in [0.1, 0.15) is 5.41 Å². The van der Waals surface area contributed by atoms with E-state index < -0.39 is 17.5 Å². The van der Waals surface area contributed by atoms with Gasteiger partial charge in [0.25, 0.3) is 0 Å². The molecular weight excluding hydrogens is 223 g/mol. The number of hydrogen-bond acceptors (Lipinski definition) is 4. The fourth-order valence-electron chi connectivity index (χ4n) is 0.967. The van der Waals surface area contributed by atoms with Gasteiger partial charge in [0.2, 0.25) is 5.89 Å². The first-order valence-corrected chi connectivity index (χ1v) is 4.83. The molecule has 0 spiro atoms. The molecule has 1 rings (SSSR count). The van der Waals surface area contributed by atoms with E-state index in [4.69, 9.17) is 0 Å². The van der Waals surface area contributed by atoms with Crippen molar-refractivity contribution in [3.63, 3.8) is 0 Å². The SMILES string of the molecule is CNCCc1noc(C(C)(C)C(F)(F)F)n1. The second-order valence-corrected chi connectivity index (χ2v) is 3.99. The fourth-order valence-corrected chi connectivity index (χ4v) is 0.967. The number of alkyl halides is 3. The summed E-state index contributed by atoms with van der Waals surface area (Å²) in [6.07, 6.45) is -3.96. The van der Waals surface area contributed by atoms with Gasteiger partial charge in [-0.1, -0.05) is 5.16 Å². The summed E-state index contributed by atoms with van der Waals surface area (Å²) in [7, 11) is 1.74. The molecule has 0 saturated carbocycles. The Hall–Kier alpha value is -1.11. The summed E-state index contributed by atoms with van der Waals surface area (Å²) >= 11 is 0. The molecule has 0 aromatic carbocycles. The molecule has 92 valence electrons. The lowest BCUT2D eigenvalue weighted by Gasteiger charge is -2.22. The van der Waals surface area contributed by atoms with Gasteiger partial charge in [0.05, 0.1) is 0 Å². The zero-order valence-corrected chi connectivity index (χ0v) is 9.35. The van der Waals surface area contributed by atoms with E-state index in [0.29, 0.717) is 13.0 Å². The van der Waals surface area contributed by atoms with Crippen LogP contribution in [0.1, 0.15) is 25.6 Å². The Morgan fingerprint density at radius 2 is 1.94 bits per heavy atom. The minimum Gasteiger partial charge on any atom is -0.338 e. The molecule has 7 heteroatoms. The molecule has 0 fully saturated rings. The molecule has 0 atom stereocenters. The summed E-state index contributed by atoms with van der Waals surface area (Å²) in [5.74, 6) is -0.118. The topological polar surface area (TPSA) is 51.0 Å². The molecule has 1 N–H and O–H groups in total. The van der Waals surface area contributed by atoms with Crippen LogP contribution in [0.15, 0.2) is 4.52 Å². The van der Waals surface area contributed by atoms with Gasteiger partial charge in [-0.25, -0.2) is 0 Å². The summed E-state index contributed by atoms with van der Waals surface area (Å²) < 4.78 is 42.6. The van der Waals surface area contributed by atoms with Crippen LogP contribution in [-0.2, 0) is 11.8 Å². The van der Waals surface area contributed by atoms with E-state index in [1.165, 1.54) is 0 Å². The molecule has 0 radical (unpaired) electrons. The van der Waals surface area contributed by atoms with E-state index in [1.54, 1.807) is 7.05 Å². The van der Waals surface area contributed by atoms with Gasteiger partial charge in [0, 0.05) is 13.0 Å². The van der Waals surface area contributed by atoms with Crippen LogP contribution in [0.25, 0.3) is 0 Å². The van der Waals surface area contributed by atoms with Gasteiger partial charge in [0.15, 0.2) is 5.82 Å². The third-order valence-electron chi connectivity index (χ3n) is 2.31. The summed E-state index contributed by atoms with van der Waals surface area (Å²) in [5, 5.41) is 6.36. The lowest BCUT2D eigenvalue weighted by molar-refractivity contribution is -0.186. The molecule has 4 nitrogen and oxygen atoms in total. The Labute approximate surface area is 91.2 Å². The summed E-state index contributed by atoms with van der Waals surface area (Å²) in [6.45, 7) is 2.62. The van der Waals surface area contributed by atoms with Crippen molar-refractivity contribution in [1.29, 1.82) is 0 Å². The zero-order valence-electron chi connectivity index (χ0n) is 9.35. The Kier molecular flexibility index (Phi) is 3.57. The van der Waals surface area contributed by atoms with Crippen molar-refractivity contribution in [3.05, 3.63) is 11.7 Å². The summed E-state index contributed by atoms with van der Waals surface area (Å²) in [6, 6.07) is 0. The van der Waals surface area contributed by atoms with Crippen LogP contribution in [0, 0.1) is 0 Å². The number of nitrogens with zero attached hydrogens (tertiary/aromatic N) is 2. The van der Waals surface area contributed by atoms with Crippen molar-refractivity contribution in [2.45, 2.75) is 31.9 Å². The van der Waals surface area contributed by atoms with Crippen molar-refractivity contribution in [1.82, 2.24) is 15.5 Å². The van der Waals surface area contributed by atoms with Crippen molar-refractivity contribution < 1.29 is 17.7 Å². The maximum atomic E-state index is 12.6. The van der Waals surface area contributed by atoms with Crippen LogP contribution in [0.2, 0.25) is 0 Å². The van der Waals surface area contributed by atoms with Crippen LogP contribution in [0.4, 0.5) is 13.2 Å². The highest BCUT2D eigenvalue weighted by molar-refractivity contribution is 5.05. The number of hydrogen-bond donors (Lipinski definition) is 1. The second-order valence-electron chi connectivity index (χ2n) is 3.99. The highest BCUT2D eigenvalue weighted by atomic mass is 19.4. The Balaban J connectivity index is 2.85. The van der Waals surface area contributed by atoms with Crippen molar-refractivity contribution in [3.8, 4) is 0 Å². The first-order chi connectivity index (χ1) is 7.29. The Morgan fingerprint density at radius 1 is 1.31 bits per heavy atom. The number of likely N-dealkylation sites (N-methyl/N-ethyl adjacent to an activating group) is 1. The lowest BCUT2D eigenvalue weighted by atomic mass is 9.93. The molecular formula is C9H14F3N3O. The Bertz CT molecular complexity index is 346. The second kappa shape index (κ2) is 4.40. The van der Waals surface area contributed by atoms with Crippen LogP contribution < -0.4 is 5.32 Å². The van der Waals surface area contributed by atoms with Gasteiger partial charge in [-0.2, -0.15) is 18.2 Å². The number of halogens is 3. The van der Waals surface area contributed by atoms with Crippen molar-refractivity contribution in [2.75, 3.05) is 13.6 Å². The molecule has 1 aromatic rings. The molecule has 1 heterocycles. The largest absolute Gasteiger partial charge is 0.402 e. The van der Waals surface area contributed by atoms with E-state index >= 15 is 0 Å². The highest BCUT2D eigenvalue weighted by Crippen LogP contribution is 2.39. The summed E-state index contributed by atoms with van der Waals surface area (Å²) in [4.78, 5) is 3.75. The highest BCUT2D eigenvalue weighted by Gasteiger charge is 2.52. The van der Waals surface area contributed by atoms with Gasteiger partial charge >= 0.3 is 6.18 Å². The summed E-state index contributed by atoms with van der Waals surface area (Å²) in [5.41, 5.74) is -2.11. The molecule has 0 bridgehead atoms. The molecule has 1 aromatic heterocycles.